The number of carbonyl (C=O) groups excluding carboxylic acids is 2. The molecule has 0 unspecified atom stereocenters. The smallest absolute Gasteiger partial charge is 0.283 e. The van der Waals surface area contributed by atoms with E-state index < -0.39 is 34.9 Å². The number of hydrogen-bond donors (Lipinski definition) is 1. The summed E-state index contributed by atoms with van der Waals surface area (Å²) < 4.78 is 0. The Morgan fingerprint density at radius 2 is 1.68 bits per heavy atom. The van der Waals surface area contributed by atoms with Crippen LogP contribution in [0.4, 0.5) is 5.69 Å². The van der Waals surface area contributed by atoms with Crippen LogP contribution in [0.25, 0.3) is 0 Å². The minimum Gasteiger partial charge on any atom is -0.550 e. The van der Waals surface area contributed by atoms with Crippen molar-refractivity contribution >= 4 is 40.8 Å². The van der Waals surface area contributed by atoms with Crippen LogP contribution in [-0.4, -0.2) is 16.8 Å². The molecular formula is C16H11Cl2N2O5-. The Hall–Kier alpha value is -2.64. The molecule has 0 saturated heterocycles. The van der Waals surface area contributed by atoms with E-state index in [1.54, 1.807) is 12.1 Å². The zero-order valence-corrected chi connectivity index (χ0v) is 14.1. The first-order chi connectivity index (χ1) is 11.8. The summed E-state index contributed by atoms with van der Waals surface area (Å²) in [5, 5.41) is 25.1. The summed E-state index contributed by atoms with van der Waals surface area (Å²) in [4.78, 5) is 33.7. The molecule has 0 bridgehead atoms. The Morgan fingerprint density at radius 1 is 1.08 bits per heavy atom. The van der Waals surface area contributed by atoms with E-state index in [0.717, 1.165) is 6.07 Å². The first kappa shape index (κ1) is 18.7. The summed E-state index contributed by atoms with van der Waals surface area (Å²) in [5.74, 6) is -2.18. The molecule has 2 rings (SSSR count). The van der Waals surface area contributed by atoms with Crippen LogP contribution in [0.1, 0.15) is 28.4 Å². The summed E-state index contributed by atoms with van der Waals surface area (Å²) >= 11 is 11.5. The van der Waals surface area contributed by atoms with Gasteiger partial charge in [0, 0.05) is 28.5 Å². The van der Waals surface area contributed by atoms with Crippen LogP contribution in [0.5, 0.6) is 0 Å². The third-order valence-electron chi connectivity index (χ3n) is 3.35. The maximum atomic E-state index is 12.4. The van der Waals surface area contributed by atoms with Gasteiger partial charge in [0.25, 0.3) is 11.6 Å². The number of nitrogens with one attached hydrogen (secondary N) is 1. The molecule has 1 atom stereocenters. The maximum absolute atomic E-state index is 12.4. The number of carbonyl (C=O) groups is 2. The standard InChI is InChI=1S/C16H12Cl2N2O5/c17-10-3-1-9(2-4-10)13(8-15(21)22)19-16(23)12-6-5-11(18)7-14(12)20(24)25/h1-7,13H,8H2,(H,19,23)(H,21,22)/p-1/t13-/m0/s1. The number of nitro benzene ring substituents is 1. The van der Waals surface area contributed by atoms with Gasteiger partial charge >= 0.3 is 0 Å². The first-order valence-electron chi connectivity index (χ1n) is 6.98. The van der Waals surface area contributed by atoms with Crippen LogP contribution >= 0.6 is 23.2 Å². The highest BCUT2D eigenvalue weighted by molar-refractivity contribution is 6.31. The highest BCUT2D eigenvalue weighted by atomic mass is 35.5. The third-order valence-corrected chi connectivity index (χ3v) is 3.84. The van der Waals surface area contributed by atoms with Crippen LogP contribution in [-0.2, 0) is 4.79 Å². The molecule has 0 aliphatic heterocycles. The molecule has 0 aromatic heterocycles. The highest BCUT2D eigenvalue weighted by Crippen LogP contribution is 2.25. The molecule has 130 valence electrons. The van der Waals surface area contributed by atoms with Crippen LogP contribution in [0.3, 0.4) is 0 Å². The van der Waals surface area contributed by atoms with Crippen LogP contribution in [0, 0.1) is 10.1 Å². The number of aliphatic carboxylic acids is 1. The van der Waals surface area contributed by atoms with Gasteiger partial charge in [-0.05, 0) is 29.8 Å². The quantitative estimate of drug-likeness (QED) is 0.609. The fourth-order valence-corrected chi connectivity index (χ4v) is 2.49. The molecule has 2 aromatic carbocycles. The van der Waals surface area contributed by atoms with E-state index in [4.69, 9.17) is 23.2 Å². The van der Waals surface area contributed by atoms with Crippen molar-refractivity contribution in [3.63, 3.8) is 0 Å². The lowest BCUT2D eigenvalue weighted by Crippen LogP contribution is -2.34. The number of benzene rings is 2. The van der Waals surface area contributed by atoms with Gasteiger partial charge < -0.3 is 15.2 Å². The van der Waals surface area contributed by atoms with E-state index in [9.17, 15) is 24.8 Å². The fourth-order valence-electron chi connectivity index (χ4n) is 2.20. The number of amides is 1. The summed E-state index contributed by atoms with van der Waals surface area (Å²) in [7, 11) is 0. The highest BCUT2D eigenvalue weighted by Gasteiger charge is 2.23. The molecule has 0 fully saturated rings. The lowest BCUT2D eigenvalue weighted by atomic mass is 10.0. The lowest BCUT2D eigenvalue weighted by Gasteiger charge is -2.20. The molecule has 1 amide bonds. The van der Waals surface area contributed by atoms with Gasteiger partial charge in [0.1, 0.15) is 5.56 Å². The topological polar surface area (TPSA) is 112 Å². The van der Waals surface area contributed by atoms with Crippen molar-refractivity contribution in [1.29, 1.82) is 0 Å². The van der Waals surface area contributed by atoms with Crippen LogP contribution in [0.15, 0.2) is 42.5 Å². The monoisotopic (exact) mass is 381 g/mol. The summed E-state index contributed by atoms with van der Waals surface area (Å²) in [5.41, 5.74) is -0.237. The number of carboxylic acids is 1. The molecule has 25 heavy (non-hydrogen) atoms. The molecule has 0 radical (unpaired) electrons. The van der Waals surface area contributed by atoms with Crippen molar-refractivity contribution in [2.24, 2.45) is 0 Å². The van der Waals surface area contributed by atoms with E-state index in [-0.39, 0.29) is 10.6 Å². The third kappa shape index (κ3) is 4.91. The van der Waals surface area contributed by atoms with Gasteiger partial charge in [-0.1, -0.05) is 35.3 Å². The fraction of sp³-hybridized carbons (Fsp3) is 0.125. The Kier molecular flexibility index (Phi) is 5.95. The molecule has 0 heterocycles. The van der Waals surface area contributed by atoms with Crippen LogP contribution < -0.4 is 10.4 Å². The number of nitro groups is 1. The zero-order valence-electron chi connectivity index (χ0n) is 12.6. The molecule has 0 aliphatic rings. The Balaban J connectivity index is 2.32. The second-order valence-electron chi connectivity index (χ2n) is 5.07. The summed E-state index contributed by atoms with van der Waals surface area (Å²) in [6.07, 6.45) is -0.505. The Labute approximate surface area is 152 Å². The van der Waals surface area contributed by atoms with Gasteiger partial charge in [-0.25, -0.2) is 0 Å². The molecule has 0 saturated carbocycles. The molecule has 2 aromatic rings. The van der Waals surface area contributed by atoms with Crippen molar-refractivity contribution in [1.82, 2.24) is 5.32 Å². The number of hydrogen-bond acceptors (Lipinski definition) is 5. The normalized spacial score (nSPS) is 11.6. The predicted octanol–water partition coefficient (Wildman–Crippen LogP) is 2.51. The molecule has 0 aliphatic carbocycles. The van der Waals surface area contributed by atoms with Gasteiger partial charge in [0.05, 0.1) is 11.0 Å². The Morgan fingerprint density at radius 3 is 2.24 bits per heavy atom. The van der Waals surface area contributed by atoms with E-state index >= 15 is 0 Å². The summed E-state index contributed by atoms with van der Waals surface area (Å²) in [6.45, 7) is 0. The van der Waals surface area contributed by atoms with Crippen molar-refractivity contribution in [3.8, 4) is 0 Å². The van der Waals surface area contributed by atoms with Gasteiger partial charge in [-0.3, -0.25) is 14.9 Å². The SMILES string of the molecule is O=C([O-])C[C@H](NC(=O)c1ccc(Cl)cc1[N+](=O)[O-])c1ccc(Cl)cc1. The van der Waals surface area contributed by atoms with Crippen molar-refractivity contribution in [2.45, 2.75) is 12.5 Å². The first-order valence-corrected chi connectivity index (χ1v) is 7.73. The molecule has 9 heteroatoms. The molecule has 7 nitrogen and oxygen atoms in total. The number of halogens is 2. The van der Waals surface area contributed by atoms with Gasteiger partial charge in [-0.15, -0.1) is 0 Å². The zero-order chi connectivity index (χ0) is 18.6. The average molecular weight is 382 g/mol. The van der Waals surface area contributed by atoms with Crippen molar-refractivity contribution in [2.75, 3.05) is 0 Å². The largest absolute Gasteiger partial charge is 0.550 e. The number of carboxylic acid groups (broad SMARTS) is 1. The van der Waals surface area contributed by atoms with E-state index in [1.807, 2.05) is 0 Å². The Bertz CT molecular complexity index is 824. The minimum atomic E-state index is -1.38. The van der Waals surface area contributed by atoms with Crippen LogP contribution in [0.2, 0.25) is 10.0 Å². The van der Waals surface area contributed by atoms with Crippen molar-refractivity contribution < 1.29 is 19.6 Å². The average Bonchev–Trinajstić information content (AvgIpc) is 2.54. The van der Waals surface area contributed by atoms with E-state index in [1.165, 1.54) is 24.3 Å². The summed E-state index contributed by atoms with van der Waals surface area (Å²) in [6, 6.07) is 8.82. The lowest BCUT2D eigenvalue weighted by molar-refractivity contribution is -0.385. The maximum Gasteiger partial charge on any atom is 0.283 e. The molecular weight excluding hydrogens is 371 g/mol. The van der Waals surface area contributed by atoms with Crippen molar-refractivity contribution in [3.05, 3.63) is 73.8 Å². The molecule has 1 N–H and O–H groups in total. The van der Waals surface area contributed by atoms with E-state index in [2.05, 4.69) is 5.32 Å². The van der Waals surface area contributed by atoms with Gasteiger partial charge in [-0.2, -0.15) is 0 Å². The van der Waals surface area contributed by atoms with Gasteiger partial charge in [0.2, 0.25) is 0 Å². The second-order valence-corrected chi connectivity index (χ2v) is 5.95. The number of rotatable bonds is 6. The van der Waals surface area contributed by atoms with Gasteiger partial charge in [0.15, 0.2) is 0 Å². The number of nitrogens with zero attached hydrogens (tertiary/aromatic N) is 1. The minimum absolute atomic E-state index is 0.104. The predicted molar refractivity (Wildman–Crippen MR) is 89.4 cm³/mol. The van der Waals surface area contributed by atoms with E-state index in [0.29, 0.717) is 10.6 Å². The second kappa shape index (κ2) is 7.96. The molecule has 0 spiro atoms.